The number of hydrogen-bond acceptors (Lipinski definition) is 3. The molecule has 2 rings (SSSR count). The SMILES string of the molecule is CC(C)Oc1ccc(-c2nc(N)n(C)c2Br)cc1. The highest BCUT2D eigenvalue weighted by atomic mass is 79.9. The molecule has 0 aliphatic carbocycles. The molecule has 2 aromatic rings. The third-order valence-corrected chi connectivity index (χ3v) is 3.47. The van der Waals surface area contributed by atoms with Crippen LogP contribution in [-0.4, -0.2) is 15.7 Å². The first-order chi connectivity index (χ1) is 8.49. The molecule has 2 N–H and O–H groups in total. The Hall–Kier alpha value is -1.49. The highest BCUT2D eigenvalue weighted by Crippen LogP contribution is 2.30. The van der Waals surface area contributed by atoms with E-state index >= 15 is 0 Å². The maximum Gasteiger partial charge on any atom is 0.201 e. The topological polar surface area (TPSA) is 53.1 Å². The minimum Gasteiger partial charge on any atom is -0.491 e. The average molecular weight is 310 g/mol. The number of benzene rings is 1. The highest BCUT2D eigenvalue weighted by molar-refractivity contribution is 9.10. The van der Waals surface area contributed by atoms with Gasteiger partial charge in [0.15, 0.2) is 0 Å². The van der Waals surface area contributed by atoms with Crippen molar-refractivity contribution in [1.29, 1.82) is 0 Å². The number of ether oxygens (including phenoxy) is 1. The second-order valence-corrected chi connectivity index (χ2v) is 5.11. The maximum absolute atomic E-state index is 5.77. The van der Waals surface area contributed by atoms with Crippen molar-refractivity contribution < 1.29 is 4.74 Å². The lowest BCUT2D eigenvalue weighted by Gasteiger charge is -2.09. The smallest absolute Gasteiger partial charge is 0.201 e. The fraction of sp³-hybridized carbons (Fsp3) is 0.308. The number of rotatable bonds is 3. The summed E-state index contributed by atoms with van der Waals surface area (Å²) in [6, 6.07) is 7.83. The Morgan fingerprint density at radius 1 is 1.28 bits per heavy atom. The van der Waals surface area contributed by atoms with Crippen molar-refractivity contribution in [3.05, 3.63) is 28.9 Å². The van der Waals surface area contributed by atoms with Crippen LogP contribution >= 0.6 is 15.9 Å². The largest absolute Gasteiger partial charge is 0.491 e. The molecule has 96 valence electrons. The van der Waals surface area contributed by atoms with Crippen molar-refractivity contribution in [2.75, 3.05) is 5.73 Å². The number of halogens is 1. The maximum atomic E-state index is 5.77. The molecule has 5 heteroatoms. The molecule has 0 amide bonds. The lowest BCUT2D eigenvalue weighted by Crippen LogP contribution is -2.05. The van der Waals surface area contributed by atoms with Crippen LogP contribution < -0.4 is 10.5 Å². The van der Waals surface area contributed by atoms with E-state index in [-0.39, 0.29) is 6.10 Å². The van der Waals surface area contributed by atoms with E-state index in [1.807, 2.05) is 45.2 Å². The molecular weight excluding hydrogens is 294 g/mol. The van der Waals surface area contributed by atoms with Gasteiger partial charge in [0.25, 0.3) is 0 Å². The van der Waals surface area contributed by atoms with Crippen molar-refractivity contribution in [2.45, 2.75) is 20.0 Å². The Morgan fingerprint density at radius 3 is 2.33 bits per heavy atom. The van der Waals surface area contributed by atoms with Crippen molar-refractivity contribution in [2.24, 2.45) is 7.05 Å². The van der Waals surface area contributed by atoms with E-state index in [4.69, 9.17) is 10.5 Å². The summed E-state index contributed by atoms with van der Waals surface area (Å²) >= 11 is 3.49. The van der Waals surface area contributed by atoms with E-state index in [0.29, 0.717) is 5.95 Å². The van der Waals surface area contributed by atoms with Crippen molar-refractivity contribution >= 4 is 21.9 Å². The Labute approximate surface area is 115 Å². The van der Waals surface area contributed by atoms with E-state index < -0.39 is 0 Å². The Bertz CT molecular complexity index is 546. The van der Waals surface area contributed by atoms with Crippen LogP contribution in [0.4, 0.5) is 5.95 Å². The monoisotopic (exact) mass is 309 g/mol. The van der Waals surface area contributed by atoms with Crippen molar-refractivity contribution in [3.63, 3.8) is 0 Å². The Morgan fingerprint density at radius 2 is 1.89 bits per heavy atom. The Balaban J connectivity index is 2.31. The van der Waals surface area contributed by atoms with E-state index in [9.17, 15) is 0 Å². The second kappa shape index (κ2) is 5.02. The average Bonchev–Trinajstić information content (AvgIpc) is 2.57. The molecular formula is C13H16BrN3O. The first-order valence-electron chi connectivity index (χ1n) is 5.74. The van der Waals surface area contributed by atoms with Crippen LogP contribution in [0.2, 0.25) is 0 Å². The predicted molar refractivity (Wildman–Crippen MR) is 76.5 cm³/mol. The van der Waals surface area contributed by atoms with Gasteiger partial charge in [-0.2, -0.15) is 0 Å². The van der Waals surface area contributed by atoms with Crippen LogP contribution in [-0.2, 0) is 7.05 Å². The number of nitrogens with two attached hydrogens (primary N) is 1. The minimum atomic E-state index is 0.174. The summed E-state index contributed by atoms with van der Waals surface area (Å²) in [7, 11) is 1.87. The second-order valence-electron chi connectivity index (χ2n) is 4.36. The molecule has 0 aliphatic rings. The normalized spacial score (nSPS) is 10.9. The number of nitrogen functional groups attached to an aromatic ring is 1. The van der Waals surface area contributed by atoms with Crippen LogP contribution in [0.25, 0.3) is 11.3 Å². The standard InChI is InChI=1S/C13H16BrN3O/c1-8(2)18-10-6-4-9(5-7-10)11-12(14)17(3)13(15)16-11/h4-8H,1-3H3,(H2,15,16). The number of imidazole rings is 1. The summed E-state index contributed by atoms with van der Waals surface area (Å²) in [4.78, 5) is 4.32. The van der Waals surface area contributed by atoms with Crippen LogP contribution in [0.5, 0.6) is 5.75 Å². The van der Waals surface area contributed by atoms with Gasteiger partial charge in [0.2, 0.25) is 5.95 Å². The molecule has 0 aliphatic heterocycles. The molecule has 18 heavy (non-hydrogen) atoms. The summed E-state index contributed by atoms with van der Waals surface area (Å²) in [5.41, 5.74) is 7.62. The van der Waals surface area contributed by atoms with Gasteiger partial charge in [0.05, 0.1) is 6.10 Å². The molecule has 0 unspecified atom stereocenters. The fourth-order valence-electron chi connectivity index (χ4n) is 1.64. The molecule has 4 nitrogen and oxygen atoms in total. The molecule has 0 bridgehead atoms. The number of hydrogen-bond donors (Lipinski definition) is 1. The lowest BCUT2D eigenvalue weighted by molar-refractivity contribution is 0.242. The van der Waals surface area contributed by atoms with Crippen molar-refractivity contribution in [3.8, 4) is 17.0 Å². The van der Waals surface area contributed by atoms with E-state index in [2.05, 4.69) is 20.9 Å². The van der Waals surface area contributed by atoms with Crippen LogP contribution in [0.3, 0.4) is 0 Å². The Kier molecular flexibility index (Phi) is 3.61. The molecule has 1 aromatic carbocycles. The molecule has 0 radical (unpaired) electrons. The zero-order valence-electron chi connectivity index (χ0n) is 10.6. The molecule has 0 atom stereocenters. The summed E-state index contributed by atoms with van der Waals surface area (Å²) in [5, 5.41) is 0. The first kappa shape index (κ1) is 13.0. The van der Waals surface area contributed by atoms with Gasteiger partial charge in [0.1, 0.15) is 16.0 Å². The van der Waals surface area contributed by atoms with Gasteiger partial charge in [-0.3, -0.25) is 0 Å². The molecule has 0 spiro atoms. The molecule has 0 saturated carbocycles. The van der Waals surface area contributed by atoms with E-state index in [0.717, 1.165) is 21.6 Å². The van der Waals surface area contributed by atoms with Crippen LogP contribution in [0, 0.1) is 0 Å². The fourth-order valence-corrected chi connectivity index (χ4v) is 2.14. The van der Waals surface area contributed by atoms with Gasteiger partial charge in [-0.1, -0.05) is 0 Å². The predicted octanol–water partition coefficient (Wildman–Crippen LogP) is 3.22. The van der Waals surface area contributed by atoms with Gasteiger partial charge < -0.3 is 15.0 Å². The molecule has 0 fully saturated rings. The van der Waals surface area contributed by atoms with Gasteiger partial charge in [-0.05, 0) is 54.0 Å². The summed E-state index contributed by atoms with van der Waals surface area (Å²) in [5.74, 6) is 1.34. The van der Waals surface area contributed by atoms with Gasteiger partial charge in [-0.15, -0.1) is 0 Å². The number of aromatic nitrogens is 2. The van der Waals surface area contributed by atoms with Gasteiger partial charge in [-0.25, -0.2) is 4.98 Å². The molecule has 0 saturated heterocycles. The zero-order chi connectivity index (χ0) is 13.3. The van der Waals surface area contributed by atoms with E-state index in [1.54, 1.807) is 4.57 Å². The third kappa shape index (κ3) is 2.51. The quantitative estimate of drug-likeness (QED) is 0.947. The minimum absolute atomic E-state index is 0.174. The van der Waals surface area contributed by atoms with Crippen molar-refractivity contribution in [1.82, 2.24) is 9.55 Å². The van der Waals surface area contributed by atoms with Crippen LogP contribution in [0.1, 0.15) is 13.8 Å². The first-order valence-corrected chi connectivity index (χ1v) is 6.53. The third-order valence-electron chi connectivity index (χ3n) is 2.56. The summed E-state index contributed by atoms with van der Waals surface area (Å²) in [6.07, 6.45) is 0.174. The van der Waals surface area contributed by atoms with Crippen LogP contribution in [0.15, 0.2) is 28.9 Å². The summed E-state index contributed by atoms with van der Waals surface area (Å²) < 4.78 is 8.27. The molecule has 1 aromatic heterocycles. The van der Waals surface area contributed by atoms with Gasteiger partial charge in [0, 0.05) is 12.6 Å². The number of nitrogens with zero attached hydrogens (tertiary/aromatic N) is 2. The van der Waals surface area contributed by atoms with E-state index in [1.165, 1.54) is 0 Å². The molecule has 1 heterocycles. The zero-order valence-corrected chi connectivity index (χ0v) is 12.2. The summed E-state index contributed by atoms with van der Waals surface area (Å²) in [6.45, 7) is 4.01. The lowest BCUT2D eigenvalue weighted by atomic mass is 10.1. The highest BCUT2D eigenvalue weighted by Gasteiger charge is 2.12. The van der Waals surface area contributed by atoms with Gasteiger partial charge >= 0.3 is 0 Å². The number of anilines is 1.